The Labute approximate surface area is 110 Å². The van der Waals surface area contributed by atoms with Gasteiger partial charge in [0.25, 0.3) is 0 Å². The molecule has 1 heterocycles. The smallest absolute Gasteiger partial charge is 0.238 e. The summed E-state index contributed by atoms with van der Waals surface area (Å²) in [5, 5.41) is 5.92. The second kappa shape index (κ2) is 4.50. The highest BCUT2D eigenvalue weighted by Gasteiger charge is 2.27. The first kappa shape index (κ1) is 11.4. The van der Waals surface area contributed by atoms with Crippen molar-refractivity contribution >= 4 is 28.4 Å². The Morgan fingerprint density at radius 2 is 1.94 bits per heavy atom. The molecular formula is C15H13NOS. The van der Waals surface area contributed by atoms with Crippen LogP contribution in [0.1, 0.15) is 5.56 Å². The standard InChI is InChI=1S/C15H13NOS/c1-10-16-15(17)14(18-10)9-11-6-7-12-4-2-3-5-13(12)8-11/h2-8,14H,1,9H2,(H,16,17). The molecule has 2 aromatic rings. The van der Waals surface area contributed by atoms with Crippen molar-refractivity contribution in [3.63, 3.8) is 0 Å². The lowest BCUT2D eigenvalue weighted by Gasteiger charge is -2.07. The monoisotopic (exact) mass is 255 g/mol. The van der Waals surface area contributed by atoms with Gasteiger partial charge in [0, 0.05) is 0 Å². The number of thioether (sulfide) groups is 1. The normalized spacial score (nSPS) is 19.2. The van der Waals surface area contributed by atoms with Crippen LogP contribution in [0.15, 0.2) is 54.1 Å². The van der Waals surface area contributed by atoms with Crippen molar-refractivity contribution in [2.45, 2.75) is 11.7 Å². The highest BCUT2D eigenvalue weighted by Crippen LogP contribution is 2.28. The maximum absolute atomic E-state index is 11.7. The van der Waals surface area contributed by atoms with Crippen molar-refractivity contribution in [2.24, 2.45) is 0 Å². The minimum atomic E-state index is -0.0429. The number of carbonyl (C=O) groups is 1. The SMILES string of the molecule is C=C1NC(=O)C(Cc2ccc3ccccc3c2)S1. The number of benzene rings is 2. The molecule has 18 heavy (non-hydrogen) atoms. The molecule has 0 aliphatic carbocycles. The van der Waals surface area contributed by atoms with E-state index in [9.17, 15) is 4.79 Å². The molecule has 90 valence electrons. The largest absolute Gasteiger partial charge is 0.320 e. The number of hydrogen-bond acceptors (Lipinski definition) is 2. The number of amides is 1. The van der Waals surface area contributed by atoms with Gasteiger partial charge in [0.05, 0.1) is 10.3 Å². The van der Waals surface area contributed by atoms with E-state index >= 15 is 0 Å². The van der Waals surface area contributed by atoms with E-state index in [2.05, 4.69) is 42.2 Å². The molecule has 0 spiro atoms. The number of fused-ring (bicyclic) bond motifs is 1. The van der Waals surface area contributed by atoms with Crippen LogP contribution >= 0.6 is 11.8 Å². The van der Waals surface area contributed by atoms with Gasteiger partial charge in [-0.1, -0.05) is 60.8 Å². The summed E-state index contributed by atoms with van der Waals surface area (Å²) in [6, 6.07) is 14.6. The zero-order valence-electron chi connectivity index (χ0n) is 9.85. The van der Waals surface area contributed by atoms with Crippen LogP contribution in [0, 0.1) is 0 Å². The minimum Gasteiger partial charge on any atom is -0.320 e. The van der Waals surface area contributed by atoms with Gasteiger partial charge >= 0.3 is 0 Å². The predicted molar refractivity (Wildman–Crippen MR) is 76.3 cm³/mol. The minimum absolute atomic E-state index is 0.0429. The molecule has 1 aliphatic rings. The molecular weight excluding hydrogens is 242 g/mol. The summed E-state index contributed by atoms with van der Waals surface area (Å²) in [6.45, 7) is 3.78. The summed E-state index contributed by atoms with van der Waals surface area (Å²) in [7, 11) is 0. The molecule has 1 aliphatic heterocycles. The maximum Gasteiger partial charge on any atom is 0.238 e. The Bertz CT molecular complexity index is 635. The van der Waals surface area contributed by atoms with E-state index < -0.39 is 0 Å². The Morgan fingerprint density at radius 3 is 2.67 bits per heavy atom. The lowest BCUT2D eigenvalue weighted by atomic mass is 10.0. The molecule has 3 rings (SSSR count). The fourth-order valence-electron chi connectivity index (χ4n) is 2.19. The van der Waals surface area contributed by atoms with Crippen LogP contribution in [0.5, 0.6) is 0 Å². The highest BCUT2D eigenvalue weighted by atomic mass is 32.2. The lowest BCUT2D eigenvalue weighted by molar-refractivity contribution is -0.119. The third kappa shape index (κ3) is 2.14. The molecule has 1 amide bonds. The Kier molecular flexibility index (Phi) is 2.84. The summed E-state index contributed by atoms with van der Waals surface area (Å²) in [4.78, 5) is 11.7. The van der Waals surface area contributed by atoms with E-state index in [1.54, 1.807) is 0 Å². The second-order valence-corrected chi connectivity index (χ2v) is 5.70. The lowest BCUT2D eigenvalue weighted by Crippen LogP contribution is -2.23. The zero-order chi connectivity index (χ0) is 12.5. The summed E-state index contributed by atoms with van der Waals surface area (Å²) in [6.07, 6.45) is 0.750. The van der Waals surface area contributed by atoms with Crippen molar-refractivity contribution in [3.05, 3.63) is 59.6 Å². The van der Waals surface area contributed by atoms with E-state index in [1.807, 2.05) is 12.1 Å². The molecule has 0 aromatic heterocycles. The van der Waals surface area contributed by atoms with Gasteiger partial charge in [0.15, 0.2) is 0 Å². The molecule has 1 unspecified atom stereocenters. The number of hydrogen-bond donors (Lipinski definition) is 1. The number of nitrogens with one attached hydrogen (secondary N) is 1. The highest BCUT2D eigenvalue weighted by molar-refractivity contribution is 8.04. The Balaban J connectivity index is 1.87. The third-order valence-corrected chi connectivity index (χ3v) is 4.13. The fourth-order valence-corrected chi connectivity index (χ4v) is 3.13. The number of rotatable bonds is 2. The van der Waals surface area contributed by atoms with Crippen LogP contribution in [0.25, 0.3) is 10.8 Å². The van der Waals surface area contributed by atoms with Crippen LogP contribution < -0.4 is 5.32 Å². The van der Waals surface area contributed by atoms with Gasteiger partial charge in [0.2, 0.25) is 5.91 Å². The van der Waals surface area contributed by atoms with Crippen LogP contribution in [0.3, 0.4) is 0 Å². The molecule has 2 nitrogen and oxygen atoms in total. The molecule has 3 heteroatoms. The summed E-state index contributed by atoms with van der Waals surface area (Å²) < 4.78 is 0. The van der Waals surface area contributed by atoms with Crippen LogP contribution in [0.2, 0.25) is 0 Å². The first-order valence-electron chi connectivity index (χ1n) is 5.86. The topological polar surface area (TPSA) is 29.1 Å². The molecule has 1 atom stereocenters. The van der Waals surface area contributed by atoms with Crippen molar-refractivity contribution in [1.29, 1.82) is 0 Å². The number of carbonyl (C=O) groups excluding carboxylic acids is 1. The van der Waals surface area contributed by atoms with Gasteiger partial charge < -0.3 is 5.32 Å². The zero-order valence-corrected chi connectivity index (χ0v) is 10.7. The first-order valence-corrected chi connectivity index (χ1v) is 6.74. The first-order chi connectivity index (χ1) is 8.72. The summed E-state index contributed by atoms with van der Waals surface area (Å²) >= 11 is 1.52. The maximum atomic E-state index is 11.7. The average Bonchev–Trinajstić information content (AvgIpc) is 2.68. The van der Waals surface area contributed by atoms with Crippen LogP contribution in [-0.2, 0) is 11.2 Å². The summed E-state index contributed by atoms with van der Waals surface area (Å²) in [5.41, 5.74) is 1.19. The molecule has 1 saturated heterocycles. The van der Waals surface area contributed by atoms with E-state index in [4.69, 9.17) is 0 Å². The van der Waals surface area contributed by atoms with Crippen molar-refractivity contribution in [1.82, 2.24) is 5.32 Å². The summed E-state index contributed by atoms with van der Waals surface area (Å²) in [5.74, 6) is 0.0677. The Morgan fingerprint density at radius 1 is 1.17 bits per heavy atom. The van der Waals surface area contributed by atoms with Gasteiger partial charge in [-0.05, 0) is 22.8 Å². The average molecular weight is 255 g/mol. The van der Waals surface area contributed by atoms with Crippen LogP contribution in [-0.4, -0.2) is 11.2 Å². The molecule has 0 radical (unpaired) electrons. The molecule has 0 saturated carbocycles. The van der Waals surface area contributed by atoms with E-state index in [1.165, 1.54) is 28.1 Å². The molecule has 1 fully saturated rings. The second-order valence-electron chi connectivity index (χ2n) is 4.40. The van der Waals surface area contributed by atoms with E-state index in [0.29, 0.717) is 0 Å². The van der Waals surface area contributed by atoms with Crippen molar-refractivity contribution in [3.8, 4) is 0 Å². The van der Waals surface area contributed by atoms with E-state index in [0.717, 1.165) is 11.4 Å². The van der Waals surface area contributed by atoms with Gasteiger partial charge in [-0.2, -0.15) is 0 Å². The molecule has 0 bridgehead atoms. The van der Waals surface area contributed by atoms with Gasteiger partial charge in [-0.3, -0.25) is 4.79 Å². The van der Waals surface area contributed by atoms with Gasteiger partial charge in [-0.15, -0.1) is 0 Å². The molecule has 1 N–H and O–H groups in total. The van der Waals surface area contributed by atoms with Crippen LogP contribution in [0.4, 0.5) is 0 Å². The van der Waals surface area contributed by atoms with Gasteiger partial charge in [-0.25, -0.2) is 0 Å². The van der Waals surface area contributed by atoms with Gasteiger partial charge in [0.1, 0.15) is 0 Å². The molecule has 2 aromatic carbocycles. The third-order valence-electron chi connectivity index (χ3n) is 3.07. The van der Waals surface area contributed by atoms with E-state index in [-0.39, 0.29) is 11.2 Å². The van der Waals surface area contributed by atoms with Crippen molar-refractivity contribution in [2.75, 3.05) is 0 Å². The van der Waals surface area contributed by atoms with Crippen molar-refractivity contribution < 1.29 is 4.79 Å². The Hall–Kier alpha value is -1.74. The fraction of sp³-hybridized carbons (Fsp3) is 0.133. The predicted octanol–water partition coefficient (Wildman–Crippen LogP) is 3.09. The quantitative estimate of drug-likeness (QED) is 0.893.